The van der Waals surface area contributed by atoms with Gasteiger partial charge in [0.05, 0.1) is 0 Å². The molecule has 0 aromatic rings. The summed E-state index contributed by atoms with van der Waals surface area (Å²) in [5.41, 5.74) is 6.48. The molecule has 0 spiro atoms. The molecule has 1 radical (unpaired) electrons. The first-order valence-corrected chi connectivity index (χ1v) is 3.09. The van der Waals surface area contributed by atoms with Gasteiger partial charge in [0.2, 0.25) is 5.91 Å². The van der Waals surface area contributed by atoms with Gasteiger partial charge in [0, 0.05) is 12.8 Å². The summed E-state index contributed by atoms with van der Waals surface area (Å²) in [6, 6.07) is 0. The lowest BCUT2D eigenvalue weighted by atomic mass is 10.2. The number of unbranched alkanes of at least 4 members (excludes halogenated alkanes) is 1. The number of nitrogens with one attached hydrogen (secondary N) is 1. The second-order valence-electron chi connectivity index (χ2n) is 2.02. The normalized spacial score (nSPS) is 9.20. The van der Waals surface area contributed by atoms with Crippen LogP contribution in [0.3, 0.4) is 0 Å². The van der Waals surface area contributed by atoms with E-state index in [4.69, 9.17) is 10.8 Å². The topological polar surface area (TPSA) is 78.2 Å². The van der Waals surface area contributed by atoms with Gasteiger partial charge in [0.25, 0.3) is 0 Å². The number of hydrogen-bond donors (Lipinski definition) is 1. The molecule has 4 heteroatoms. The van der Waals surface area contributed by atoms with Gasteiger partial charge in [-0.3, -0.25) is 15.3 Å². The smallest absolute Gasteiger partial charge is 0.303 e. The highest BCUT2D eigenvalue weighted by Crippen LogP contribution is 1.98. The summed E-state index contributed by atoms with van der Waals surface area (Å²) < 4.78 is 0. The zero-order valence-corrected chi connectivity index (χ0v) is 5.59. The predicted octanol–water partition coefficient (Wildman–Crippen LogP) is 0.441. The third-order valence-corrected chi connectivity index (χ3v) is 1.04. The molecule has 0 saturated heterocycles. The highest BCUT2D eigenvalue weighted by molar-refractivity contribution is 5.73. The van der Waals surface area contributed by atoms with Gasteiger partial charge in [-0.1, -0.05) is 0 Å². The van der Waals surface area contributed by atoms with Crippen molar-refractivity contribution in [2.75, 3.05) is 0 Å². The van der Waals surface area contributed by atoms with Gasteiger partial charge in [-0.2, -0.15) is 0 Å². The van der Waals surface area contributed by atoms with Gasteiger partial charge < -0.3 is 5.11 Å². The lowest BCUT2D eigenvalue weighted by Gasteiger charge is -1.92. The van der Waals surface area contributed by atoms with Crippen LogP contribution in [0.1, 0.15) is 25.7 Å². The average molecular weight is 144 g/mol. The van der Waals surface area contributed by atoms with Crippen LogP contribution >= 0.6 is 0 Å². The van der Waals surface area contributed by atoms with Crippen LogP contribution < -0.4 is 5.73 Å². The van der Waals surface area contributed by atoms with Crippen molar-refractivity contribution in [2.24, 2.45) is 0 Å². The fourth-order valence-electron chi connectivity index (χ4n) is 0.562. The van der Waals surface area contributed by atoms with Crippen LogP contribution in [-0.2, 0) is 9.59 Å². The maximum absolute atomic E-state index is 10.0. The molecule has 0 heterocycles. The number of carbonyl (C=O) groups is 2. The van der Waals surface area contributed by atoms with Gasteiger partial charge in [-0.15, -0.1) is 0 Å². The van der Waals surface area contributed by atoms with E-state index in [0.717, 1.165) is 0 Å². The number of carboxylic acid groups (broad SMARTS) is 1. The minimum atomic E-state index is -0.850. The number of amides is 1. The number of carboxylic acids is 1. The Morgan fingerprint density at radius 1 is 1.20 bits per heavy atom. The Bertz CT molecular complexity index is 117. The van der Waals surface area contributed by atoms with Gasteiger partial charge in [-0.25, -0.2) is 0 Å². The first-order valence-electron chi connectivity index (χ1n) is 3.09. The van der Waals surface area contributed by atoms with E-state index in [1.54, 1.807) is 0 Å². The van der Waals surface area contributed by atoms with Crippen LogP contribution in [0.5, 0.6) is 0 Å². The standard InChI is InChI=1S/C6H10NO3/c7-5(8)3-1-2-4-6(9)10/h7H,1-4H2,(H,9,10). The third-order valence-electron chi connectivity index (χ3n) is 1.04. The first-order chi connectivity index (χ1) is 4.63. The molecular formula is C6H10NO3. The van der Waals surface area contributed by atoms with E-state index in [0.29, 0.717) is 12.8 Å². The summed E-state index contributed by atoms with van der Waals surface area (Å²) in [5.74, 6) is -1.47. The Labute approximate surface area is 59.0 Å². The fourth-order valence-corrected chi connectivity index (χ4v) is 0.562. The van der Waals surface area contributed by atoms with Crippen molar-refractivity contribution in [1.29, 1.82) is 0 Å². The summed E-state index contributed by atoms with van der Waals surface area (Å²) >= 11 is 0. The summed E-state index contributed by atoms with van der Waals surface area (Å²) in [7, 11) is 0. The van der Waals surface area contributed by atoms with Crippen molar-refractivity contribution < 1.29 is 14.7 Å². The molecule has 0 saturated carbocycles. The summed E-state index contributed by atoms with van der Waals surface area (Å²) in [4.78, 5) is 19.9. The molecule has 0 rings (SSSR count). The molecule has 0 unspecified atom stereocenters. The SMILES string of the molecule is [NH]C(=O)CCCCC(=O)O. The lowest BCUT2D eigenvalue weighted by Crippen LogP contribution is -1.99. The second kappa shape index (κ2) is 4.78. The maximum atomic E-state index is 10.0. The number of aliphatic carboxylic acids is 1. The van der Waals surface area contributed by atoms with Crippen LogP contribution in [0.4, 0.5) is 0 Å². The van der Waals surface area contributed by atoms with Crippen molar-refractivity contribution >= 4 is 11.9 Å². The van der Waals surface area contributed by atoms with Crippen LogP contribution in [0.2, 0.25) is 0 Å². The fraction of sp³-hybridized carbons (Fsp3) is 0.667. The van der Waals surface area contributed by atoms with Crippen molar-refractivity contribution in [3.63, 3.8) is 0 Å². The largest absolute Gasteiger partial charge is 0.481 e. The van der Waals surface area contributed by atoms with Crippen molar-refractivity contribution in [3.8, 4) is 0 Å². The Balaban J connectivity index is 3.06. The molecule has 4 nitrogen and oxygen atoms in total. The van der Waals surface area contributed by atoms with Crippen molar-refractivity contribution in [3.05, 3.63) is 0 Å². The summed E-state index contributed by atoms with van der Waals surface area (Å²) in [6.07, 6.45) is 1.26. The van der Waals surface area contributed by atoms with Crippen LogP contribution in [0.15, 0.2) is 0 Å². The molecule has 0 fully saturated rings. The van der Waals surface area contributed by atoms with Gasteiger partial charge in [0.1, 0.15) is 0 Å². The van der Waals surface area contributed by atoms with E-state index in [1.807, 2.05) is 0 Å². The first kappa shape index (κ1) is 8.94. The molecule has 1 amide bonds. The van der Waals surface area contributed by atoms with E-state index in [-0.39, 0.29) is 12.8 Å². The Kier molecular flexibility index (Phi) is 4.28. The van der Waals surface area contributed by atoms with E-state index in [1.165, 1.54) is 0 Å². The van der Waals surface area contributed by atoms with E-state index in [2.05, 4.69) is 0 Å². The average Bonchev–Trinajstić information content (AvgIpc) is 1.79. The molecule has 0 aliphatic heterocycles. The Morgan fingerprint density at radius 3 is 2.10 bits per heavy atom. The molecule has 10 heavy (non-hydrogen) atoms. The third kappa shape index (κ3) is 6.94. The lowest BCUT2D eigenvalue weighted by molar-refractivity contribution is -0.137. The zero-order chi connectivity index (χ0) is 7.98. The second-order valence-corrected chi connectivity index (χ2v) is 2.02. The quantitative estimate of drug-likeness (QED) is 0.568. The van der Waals surface area contributed by atoms with Gasteiger partial charge >= 0.3 is 5.97 Å². The maximum Gasteiger partial charge on any atom is 0.303 e. The molecule has 0 aliphatic rings. The highest BCUT2D eigenvalue weighted by Gasteiger charge is 1.98. The van der Waals surface area contributed by atoms with Crippen LogP contribution in [-0.4, -0.2) is 17.0 Å². The van der Waals surface area contributed by atoms with E-state index < -0.39 is 11.9 Å². The monoisotopic (exact) mass is 144 g/mol. The number of rotatable bonds is 5. The predicted molar refractivity (Wildman–Crippen MR) is 34.2 cm³/mol. The summed E-state index contributed by atoms with van der Waals surface area (Å²) in [5, 5.41) is 8.15. The van der Waals surface area contributed by atoms with Gasteiger partial charge in [-0.05, 0) is 12.8 Å². The number of carbonyl (C=O) groups excluding carboxylic acids is 1. The molecule has 0 bridgehead atoms. The molecule has 0 aromatic heterocycles. The minimum Gasteiger partial charge on any atom is -0.481 e. The highest BCUT2D eigenvalue weighted by atomic mass is 16.4. The van der Waals surface area contributed by atoms with E-state index >= 15 is 0 Å². The molecule has 57 valence electrons. The molecule has 0 aromatic carbocycles. The van der Waals surface area contributed by atoms with E-state index in [9.17, 15) is 9.59 Å². The zero-order valence-electron chi connectivity index (χ0n) is 5.59. The van der Waals surface area contributed by atoms with Crippen LogP contribution in [0.25, 0.3) is 0 Å². The molecule has 0 aliphatic carbocycles. The number of hydrogen-bond acceptors (Lipinski definition) is 2. The van der Waals surface area contributed by atoms with Crippen LogP contribution in [0, 0.1) is 0 Å². The molecular weight excluding hydrogens is 134 g/mol. The summed E-state index contributed by atoms with van der Waals surface area (Å²) in [6.45, 7) is 0. The molecule has 2 N–H and O–H groups in total. The molecule has 0 atom stereocenters. The van der Waals surface area contributed by atoms with Crippen molar-refractivity contribution in [2.45, 2.75) is 25.7 Å². The van der Waals surface area contributed by atoms with Crippen molar-refractivity contribution in [1.82, 2.24) is 5.73 Å². The minimum absolute atomic E-state index is 0.0906. The van der Waals surface area contributed by atoms with Gasteiger partial charge in [0.15, 0.2) is 0 Å². The Morgan fingerprint density at radius 2 is 1.70 bits per heavy atom. The Hall–Kier alpha value is -1.06.